The first kappa shape index (κ1) is 17.3. The van der Waals surface area contributed by atoms with Gasteiger partial charge in [-0.05, 0) is 43.3 Å². The van der Waals surface area contributed by atoms with Crippen molar-refractivity contribution >= 4 is 17.8 Å². The molecule has 0 aromatic heterocycles. The number of carbonyl (C=O) groups is 1. The highest BCUT2D eigenvalue weighted by Crippen LogP contribution is 2.30. The number of primary amides is 1. The van der Waals surface area contributed by atoms with Crippen molar-refractivity contribution in [1.29, 1.82) is 0 Å². The van der Waals surface area contributed by atoms with E-state index in [-0.39, 0.29) is 6.61 Å². The largest absolute Gasteiger partial charge is 0.494 e. The SMILES string of the molecule is CCOc1ccc(N=Cc2cccc(OC)c2OCC(N)=O)cc1. The van der Waals surface area contributed by atoms with Gasteiger partial charge in [-0.15, -0.1) is 0 Å². The van der Waals surface area contributed by atoms with Crippen molar-refractivity contribution in [1.82, 2.24) is 0 Å². The Balaban J connectivity index is 2.22. The summed E-state index contributed by atoms with van der Waals surface area (Å²) >= 11 is 0. The second-order valence-electron chi connectivity index (χ2n) is 4.82. The van der Waals surface area contributed by atoms with E-state index in [0.29, 0.717) is 23.7 Å². The molecule has 0 fully saturated rings. The van der Waals surface area contributed by atoms with Crippen LogP contribution in [-0.4, -0.2) is 32.4 Å². The van der Waals surface area contributed by atoms with Gasteiger partial charge in [-0.1, -0.05) is 6.07 Å². The van der Waals surface area contributed by atoms with Crippen LogP contribution < -0.4 is 19.9 Å². The lowest BCUT2D eigenvalue weighted by atomic mass is 10.2. The van der Waals surface area contributed by atoms with E-state index in [9.17, 15) is 4.79 Å². The Morgan fingerprint density at radius 1 is 1.17 bits per heavy atom. The van der Waals surface area contributed by atoms with E-state index in [1.54, 1.807) is 12.3 Å². The van der Waals surface area contributed by atoms with Gasteiger partial charge in [-0.2, -0.15) is 0 Å². The third kappa shape index (κ3) is 4.74. The lowest BCUT2D eigenvalue weighted by molar-refractivity contribution is -0.119. The number of nitrogens with two attached hydrogens (primary N) is 1. The smallest absolute Gasteiger partial charge is 0.255 e. The highest BCUT2D eigenvalue weighted by molar-refractivity contribution is 5.87. The molecule has 24 heavy (non-hydrogen) atoms. The number of hydrogen-bond acceptors (Lipinski definition) is 5. The first-order chi connectivity index (χ1) is 11.6. The molecule has 0 unspecified atom stereocenters. The average Bonchev–Trinajstić information content (AvgIpc) is 2.59. The summed E-state index contributed by atoms with van der Waals surface area (Å²) in [5, 5.41) is 0. The second kappa shape index (κ2) is 8.57. The van der Waals surface area contributed by atoms with Crippen LogP contribution in [0.5, 0.6) is 17.2 Å². The molecule has 2 N–H and O–H groups in total. The van der Waals surface area contributed by atoms with Crippen molar-refractivity contribution in [3.8, 4) is 17.2 Å². The Bertz CT molecular complexity index is 711. The molecule has 2 aromatic rings. The third-order valence-electron chi connectivity index (χ3n) is 3.09. The van der Waals surface area contributed by atoms with Gasteiger partial charge in [-0.25, -0.2) is 0 Å². The average molecular weight is 328 g/mol. The molecule has 2 rings (SSSR count). The number of benzene rings is 2. The van der Waals surface area contributed by atoms with E-state index < -0.39 is 5.91 Å². The van der Waals surface area contributed by atoms with Crippen LogP contribution in [0.4, 0.5) is 5.69 Å². The van der Waals surface area contributed by atoms with E-state index in [1.165, 1.54) is 7.11 Å². The molecule has 2 aromatic carbocycles. The molecular formula is C18H20N2O4. The number of rotatable bonds is 8. The lowest BCUT2D eigenvalue weighted by Crippen LogP contribution is -2.20. The van der Waals surface area contributed by atoms with E-state index in [2.05, 4.69) is 4.99 Å². The van der Waals surface area contributed by atoms with Gasteiger partial charge in [0, 0.05) is 11.8 Å². The molecule has 0 bridgehead atoms. The first-order valence-corrected chi connectivity index (χ1v) is 7.49. The maximum Gasteiger partial charge on any atom is 0.255 e. The molecule has 0 aliphatic rings. The van der Waals surface area contributed by atoms with Gasteiger partial charge in [0.15, 0.2) is 18.1 Å². The van der Waals surface area contributed by atoms with Crippen molar-refractivity contribution < 1.29 is 19.0 Å². The monoisotopic (exact) mass is 328 g/mol. The predicted octanol–water partition coefficient (Wildman–Crippen LogP) is 2.71. The number of ether oxygens (including phenoxy) is 3. The van der Waals surface area contributed by atoms with Gasteiger partial charge in [0.2, 0.25) is 0 Å². The molecule has 0 saturated heterocycles. The Hall–Kier alpha value is -3.02. The van der Waals surface area contributed by atoms with Crippen LogP contribution in [0.3, 0.4) is 0 Å². The quantitative estimate of drug-likeness (QED) is 0.755. The second-order valence-corrected chi connectivity index (χ2v) is 4.82. The molecule has 0 spiro atoms. The molecule has 0 saturated carbocycles. The number of carbonyl (C=O) groups excluding carboxylic acids is 1. The first-order valence-electron chi connectivity index (χ1n) is 7.49. The molecule has 0 aliphatic heterocycles. The molecule has 126 valence electrons. The summed E-state index contributed by atoms with van der Waals surface area (Å²) in [6.45, 7) is 2.32. The Kier molecular flexibility index (Phi) is 6.19. The maximum absolute atomic E-state index is 11.0. The van der Waals surface area contributed by atoms with E-state index in [0.717, 1.165) is 11.4 Å². The van der Waals surface area contributed by atoms with Crippen LogP contribution in [-0.2, 0) is 4.79 Å². The van der Waals surface area contributed by atoms with Crippen LogP contribution in [0, 0.1) is 0 Å². The number of methoxy groups -OCH3 is 1. The number of para-hydroxylation sites is 1. The Labute approximate surface area is 140 Å². The van der Waals surface area contributed by atoms with Crippen LogP contribution in [0.25, 0.3) is 0 Å². The number of hydrogen-bond donors (Lipinski definition) is 1. The van der Waals surface area contributed by atoms with Crippen molar-refractivity contribution in [2.45, 2.75) is 6.92 Å². The summed E-state index contributed by atoms with van der Waals surface area (Å²) < 4.78 is 16.1. The fraction of sp³-hybridized carbons (Fsp3) is 0.222. The summed E-state index contributed by atoms with van der Waals surface area (Å²) in [5.74, 6) is 1.17. The minimum absolute atomic E-state index is 0.232. The van der Waals surface area contributed by atoms with E-state index in [1.807, 2.05) is 43.3 Å². The zero-order valence-electron chi connectivity index (χ0n) is 13.7. The van der Waals surface area contributed by atoms with Crippen molar-refractivity contribution in [3.05, 3.63) is 48.0 Å². The fourth-order valence-corrected chi connectivity index (χ4v) is 2.03. The molecule has 0 atom stereocenters. The predicted molar refractivity (Wildman–Crippen MR) is 92.5 cm³/mol. The zero-order valence-corrected chi connectivity index (χ0v) is 13.7. The van der Waals surface area contributed by atoms with Crippen LogP contribution >= 0.6 is 0 Å². The molecule has 6 heteroatoms. The van der Waals surface area contributed by atoms with E-state index in [4.69, 9.17) is 19.9 Å². The summed E-state index contributed by atoms with van der Waals surface area (Å²) in [4.78, 5) is 15.4. The van der Waals surface area contributed by atoms with Gasteiger partial charge in [-0.3, -0.25) is 9.79 Å². The lowest BCUT2D eigenvalue weighted by Gasteiger charge is -2.11. The molecule has 0 aliphatic carbocycles. The zero-order chi connectivity index (χ0) is 17.4. The van der Waals surface area contributed by atoms with Crippen LogP contribution in [0.2, 0.25) is 0 Å². The molecule has 0 heterocycles. The summed E-state index contributed by atoms with van der Waals surface area (Å²) in [7, 11) is 1.53. The topological polar surface area (TPSA) is 83.1 Å². The summed E-state index contributed by atoms with van der Waals surface area (Å²) in [5.41, 5.74) is 6.59. The molecule has 0 radical (unpaired) electrons. The van der Waals surface area contributed by atoms with E-state index >= 15 is 0 Å². The highest BCUT2D eigenvalue weighted by atomic mass is 16.5. The number of amides is 1. The third-order valence-corrected chi connectivity index (χ3v) is 3.09. The minimum Gasteiger partial charge on any atom is -0.494 e. The minimum atomic E-state index is -0.560. The maximum atomic E-state index is 11.0. The number of nitrogens with zero attached hydrogens (tertiary/aromatic N) is 1. The van der Waals surface area contributed by atoms with Gasteiger partial charge in [0.05, 0.1) is 19.4 Å². The van der Waals surface area contributed by atoms with Gasteiger partial charge >= 0.3 is 0 Å². The van der Waals surface area contributed by atoms with Crippen LogP contribution in [0.15, 0.2) is 47.5 Å². The Morgan fingerprint density at radius 3 is 2.54 bits per heavy atom. The van der Waals surface area contributed by atoms with Gasteiger partial charge < -0.3 is 19.9 Å². The highest BCUT2D eigenvalue weighted by Gasteiger charge is 2.10. The van der Waals surface area contributed by atoms with Gasteiger partial charge in [0.25, 0.3) is 5.91 Å². The van der Waals surface area contributed by atoms with Crippen molar-refractivity contribution in [2.24, 2.45) is 10.7 Å². The normalized spacial score (nSPS) is 10.6. The number of aliphatic imine (C=N–C) groups is 1. The van der Waals surface area contributed by atoms with Crippen molar-refractivity contribution in [2.75, 3.05) is 20.3 Å². The summed E-state index contributed by atoms with van der Waals surface area (Å²) in [6, 6.07) is 12.8. The molecule has 1 amide bonds. The molecular weight excluding hydrogens is 308 g/mol. The Morgan fingerprint density at radius 2 is 1.92 bits per heavy atom. The summed E-state index contributed by atoms with van der Waals surface area (Å²) in [6.07, 6.45) is 1.65. The van der Waals surface area contributed by atoms with Gasteiger partial charge in [0.1, 0.15) is 5.75 Å². The fourth-order valence-electron chi connectivity index (χ4n) is 2.03. The standard InChI is InChI=1S/C18H20N2O4/c1-3-23-15-9-7-14(8-10-15)20-11-13-5-4-6-16(22-2)18(13)24-12-17(19)21/h4-11H,3,12H2,1-2H3,(H2,19,21). The molecule has 6 nitrogen and oxygen atoms in total. The van der Waals surface area contributed by atoms with Crippen molar-refractivity contribution in [3.63, 3.8) is 0 Å². The van der Waals surface area contributed by atoms with Crippen LogP contribution in [0.1, 0.15) is 12.5 Å².